The van der Waals surface area contributed by atoms with Crippen LogP contribution in [-0.4, -0.2) is 33.8 Å². The number of carbonyl (C=O) groups is 1. The lowest BCUT2D eigenvalue weighted by Gasteiger charge is -2.19. The third-order valence-electron chi connectivity index (χ3n) is 3.30. The number of ether oxygens (including phenoxy) is 1. The molecule has 0 aromatic heterocycles. The number of hydrogen-bond donors (Lipinski definition) is 2. The second-order valence-corrected chi connectivity index (χ2v) is 4.37. The molecule has 1 unspecified atom stereocenters. The first-order chi connectivity index (χ1) is 8.68. The van der Waals surface area contributed by atoms with E-state index in [4.69, 9.17) is 10.5 Å². The van der Waals surface area contributed by atoms with E-state index in [1.54, 1.807) is 18.5 Å². The quantitative estimate of drug-likeness (QED) is 0.832. The van der Waals surface area contributed by atoms with Crippen LogP contribution in [0.5, 0.6) is 0 Å². The minimum absolute atomic E-state index is 0.113. The third-order valence-corrected chi connectivity index (χ3v) is 3.30. The highest BCUT2D eigenvalue weighted by Crippen LogP contribution is 2.34. The van der Waals surface area contributed by atoms with Gasteiger partial charge in [-0.15, -0.1) is 0 Å². The van der Waals surface area contributed by atoms with E-state index in [0.29, 0.717) is 24.6 Å². The van der Waals surface area contributed by atoms with Gasteiger partial charge in [0.25, 0.3) is 0 Å². The van der Waals surface area contributed by atoms with Crippen LogP contribution in [0.15, 0.2) is 18.5 Å². The molecule has 0 spiro atoms. The van der Waals surface area contributed by atoms with Gasteiger partial charge >= 0.3 is 5.97 Å². The first-order valence-corrected chi connectivity index (χ1v) is 5.74. The second-order valence-electron chi connectivity index (χ2n) is 4.37. The largest absolute Gasteiger partial charge is 0.478 e. The Balaban J connectivity index is 2.21. The summed E-state index contributed by atoms with van der Waals surface area (Å²) in [6.07, 6.45) is 4.06. The monoisotopic (exact) mass is 247 g/mol. The number of nitrogens with zero attached hydrogens (tertiary/aromatic N) is 2. The molecule has 0 radical (unpaired) electrons. The first kappa shape index (κ1) is 11.0. The van der Waals surface area contributed by atoms with Crippen LogP contribution in [0.1, 0.15) is 22.8 Å². The van der Waals surface area contributed by atoms with Gasteiger partial charge in [-0.25, -0.2) is 9.78 Å². The van der Waals surface area contributed by atoms with Gasteiger partial charge in [-0.05, 0) is 12.5 Å². The van der Waals surface area contributed by atoms with Crippen molar-refractivity contribution in [2.24, 2.45) is 0 Å². The minimum atomic E-state index is -1.02. The molecule has 6 nitrogen and oxygen atoms in total. The van der Waals surface area contributed by atoms with Crippen molar-refractivity contribution in [2.45, 2.75) is 12.5 Å². The van der Waals surface area contributed by atoms with Crippen LogP contribution in [0.25, 0.3) is 11.4 Å². The molecule has 1 atom stereocenters. The molecule has 0 aromatic rings. The smallest absolute Gasteiger partial charge is 0.339 e. The minimum Gasteiger partial charge on any atom is -0.478 e. The van der Waals surface area contributed by atoms with E-state index in [2.05, 4.69) is 4.98 Å². The van der Waals surface area contributed by atoms with Crippen LogP contribution < -0.4 is 5.73 Å². The number of hydrogen-bond acceptors (Lipinski definition) is 4. The highest BCUT2D eigenvalue weighted by atomic mass is 16.5. The maximum absolute atomic E-state index is 11.2. The van der Waals surface area contributed by atoms with Crippen molar-refractivity contribution >= 4 is 11.7 Å². The summed E-state index contributed by atoms with van der Waals surface area (Å²) in [6.45, 7) is 1.27. The van der Waals surface area contributed by atoms with E-state index in [9.17, 15) is 9.90 Å². The summed E-state index contributed by atoms with van der Waals surface area (Å²) in [7, 11) is 0. The van der Waals surface area contributed by atoms with Crippen LogP contribution in [0.3, 0.4) is 0 Å². The van der Waals surface area contributed by atoms with Crippen LogP contribution in [-0.2, 0) is 4.74 Å². The molecule has 3 rings (SSSR count). The van der Waals surface area contributed by atoms with Gasteiger partial charge in [0.2, 0.25) is 0 Å². The Morgan fingerprint density at radius 3 is 3.11 bits per heavy atom. The van der Waals surface area contributed by atoms with Crippen molar-refractivity contribution in [1.82, 2.24) is 9.55 Å². The molecule has 6 heteroatoms. The number of carboxylic acids is 1. The summed E-state index contributed by atoms with van der Waals surface area (Å²) < 4.78 is 7.20. The molecule has 3 aliphatic rings. The standard InChI is InChI=1S/C12H13N3O3/c13-10-8-1-3-14-11(8)15(5-9(10)12(16)17)7-2-4-18-6-7/h1,3,5,7H,2,4,6,13H2,(H,16,17). The Morgan fingerprint density at radius 2 is 2.44 bits per heavy atom. The summed E-state index contributed by atoms with van der Waals surface area (Å²) in [5.74, 6) is -0.309. The number of aromatic nitrogens is 2. The van der Waals surface area contributed by atoms with Crippen molar-refractivity contribution in [3.05, 3.63) is 24.0 Å². The zero-order valence-electron chi connectivity index (χ0n) is 9.67. The number of nitrogen functional groups attached to an aromatic ring is 1. The predicted molar refractivity (Wildman–Crippen MR) is 64.7 cm³/mol. The van der Waals surface area contributed by atoms with Crippen molar-refractivity contribution in [2.75, 3.05) is 18.9 Å². The lowest BCUT2D eigenvalue weighted by molar-refractivity contribution is 0.0697. The average Bonchev–Trinajstić information content (AvgIpc) is 3.00. The average molecular weight is 247 g/mol. The zero-order chi connectivity index (χ0) is 12.7. The Bertz CT molecular complexity index is 572. The molecule has 0 aromatic carbocycles. The Morgan fingerprint density at radius 1 is 1.61 bits per heavy atom. The fraction of sp³-hybridized carbons (Fsp3) is 0.333. The first-order valence-electron chi connectivity index (χ1n) is 5.74. The molecule has 94 valence electrons. The van der Waals surface area contributed by atoms with Gasteiger partial charge in [-0.1, -0.05) is 0 Å². The SMILES string of the molecule is Nc1c(C(=O)O)cn(C2CCOC2)c2nccc1-2. The Kier molecular flexibility index (Phi) is 2.45. The Labute approximate surface area is 103 Å². The summed E-state index contributed by atoms with van der Waals surface area (Å²) >= 11 is 0. The summed E-state index contributed by atoms with van der Waals surface area (Å²) in [5, 5.41) is 9.18. The van der Waals surface area contributed by atoms with Gasteiger partial charge in [0.1, 0.15) is 5.82 Å². The van der Waals surface area contributed by atoms with Crippen LogP contribution in [0, 0.1) is 0 Å². The van der Waals surface area contributed by atoms with Crippen molar-refractivity contribution in [3.63, 3.8) is 0 Å². The lowest BCUT2D eigenvalue weighted by atomic mass is 10.1. The second kappa shape index (κ2) is 3.99. The number of fused-ring (bicyclic) bond motifs is 1. The molecule has 18 heavy (non-hydrogen) atoms. The molecule has 3 aliphatic heterocycles. The number of rotatable bonds is 2. The Hall–Kier alpha value is -2.08. The lowest BCUT2D eigenvalue weighted by Crippen LogP contribution is -2.17. The zero-order valence-corrected chi connectivity index (χ0v) is 9.67. The van der Waals surface area contributed by atoms with E-state index >= 15 is 0 Å². The molecular weight excluding hydrogens is 234 g/mol. The number of anilines is 1. The van der Waals surface area contributed by atoms with E-state index in [1.165, 1.54) is 0 Å². The van der Waals surface area contributed by atoms with Gasteiger partial charge in [0, 0.05) is 24.6 Å². The third kappa shape index (κ3) is 1.53. The number of aromatic carboxylic acids is 1. The van der Waals surface area contributed by atoms with Crippen molar-refractivity contribution < 1.29 is 14.6 Å². The van der Waals surface area contributed by atoms with E-state index in [1.807, 2.05) is 4.57 Å². The van der Waals surface area contributed by atoms with Crippen LogP contribution >= 0.6 is 0 Å². The molecule has 3 N–H and O–H groups in total. The molecule has 0 saturated carbocycles. The molecule has 1 fully saturated rings. The maximum Gasteiger partial charge on any atom is 0.339 e. The van der Waals surface area contributed by atoms with Crippen LogP contribution in [0.4, 0.5) is 5.69 Å². The normalized spacial score (nSPS) is 19.4. The van der Waals surface area contributed by atoms with Gasteiger partial charge in [0.05, 0.1) is 23.9 Å². The van der Waals surface area contributed by atoms with E-state index < -0.39 is 5.97 Å². The molecule has 0 amide bonds. The topological polar surface area (TPSA) is 90.4 Å². The van der Waals surface area contributed by atoms with Gasteiger partial charge in [-0.2, -0.15) is 0 Å². The van der Waals surface area contributed by atoms with Gasteiger partial charge in [0.15, 0.2) is 0 Å². The predicted octanol–water partition coefficient (Wildman–Crippen LogP) is 1.23. The molecular formula is C12H13N3O3. The van der Waals surface area contributed by atoms with Crippen molar-refractivity contribution in [3.8, 4) is 11.4 Å². The van der Waals surface area contributed by atoms with E-state index in [0.717, 1.165) is 6.42 Å². The summed E-state index contributed by atoms with van der Waals surface area (Å²) in [6, 6.07) is 1.87. The number of nitrogens with two attached hydrogens (primary N) is 1. The summed E-state index contributed by atoms with van der Waals surface area (Å²) in [4.78, 5) is 15.5. The molecule has 0 bridgehead atoms. The molecule has 0 aliphatic carbocycles. The fourth-order valence-electron chi connectivity index (χ4n) is 2.35. The van der Waals surface area contributed by atoms with Gasteiger partial charge < -0.3 is 20.1 Å². The molecule has 1 saturated heterocycles. The number of carboxylic acid groups (broad SMARTS) is 1. The number of pyridine rings is 1. The highest BCUT2D eigenvalue weighted by Gasteiger charge is 2.25. The molecule has 3 heterocycles. The van der Waals surface area contributed by atoms with Crippen LogP contribution in [0.2, 0.25) is 0 Å². The van der Waals surface area contributed by atoms with Crippen molar-refractivity contribution in [1.29, 1.82) is 0 Å². The summed E-state index contributed by atoms with van der Waals surface area (Å²) in [5.41, 5.74) is 6.93. The van der Waals surface area contributed by atoms with Gasteiger partial charge in [-0.3, -0.25) is 0 Å². The fourth-order valence-corrected chi connectivity index (χ4v) is 2.35. The maximum atomic E-state index is 11.2. The van der Waals surface area contributed by atoms with E-state index in [-0.39, 0.29) is 17.3 Å². The highest BCUT2D eigenvalue weighted by molar-refractivity contribution is 5.97.